The van der Waals surface area contributed by atoms with Gasteiger partial charge in [-0.2, -0.15) is 5.06 Å². The van der Waals surface area contributed by atoms with Crippen LogP contribution in [0.25, 0.3) is 0 Å². The molecule has 1 aliphatic heterocycles. The van der Waals surface area contributed by atoms with Crippen molar-refractivity contribution < 1.29 is 9.63 Å². The monoisotopic (exact) mass is 255 g/mol. The molecule has 17 heavy (non-hydrogen) atoms. The van der Waals surface area contributed by atoms with Crippen molar-refractivity contribution in [1.29, 1.82) is 0 Å². The van der Waals surface area contributed by atoms with Crippen molar-refractivity contribution in [2.24, 2.45) is 0 Å². The van der Waals surface area contributed by atoms with Gasteiger partial charge in [-0.25, -0.2) is 0 Å². The fourth-order valence-corrected chi connectivity index (χ4v) is 1.78. The number of nitrogens with one attached hydrogen (secondary N) is 1. The highest BCUT2D eigenvalue weighted by Gasteiger charge is 2.16. The van der Waals surface area contributed by atoms with Gasteiger partial charge in [0, 0.05) is 11.6 Å². The zero-order valence-electron chi connectivity index (χ0n) is 9.28. The molecule has 0 radical (unpaired) electrons. The minimum absolute atomic E-state index is 0.166. The molecule has 1 heterocycles. The van der Waals surface area contributed by atoms with E-state index >= 15 is 0 Å². The first-order chi connectivity index (χ1) is 8.15. The molecule has 0 aliphatic carbocycles. The summed E-state index contributed by atoms with van der Waals surface area (Å²) >= 11 is 5.83. The number of rotatable bonds is 3. The van der Waals surface area contributed by atoms with Crippen molar-refractivity contribution in [2.75, 3.05) is 30.7 Å². The molecule has 1 aromatic rings. The van der Waals surface area contributed by atoms with Crippen LogP contribution in [0.15, 0.2) is 18.2 Å². The minimum Gasteiger partial charge on any atom is -0.397 e. The average molecular weight is 256 g/mol. The first-order valence-electron chi connectivity index (χ1n) is 5.38. The molecular weight excluding hydrogens is 242 g/mol. The van der Waals surface area contributed by atoms with Gasteiger partial charge < -0.3 is 11.1 Å². The van der Waals surface area contributed by atoms with Gasteiger partial charge in [0.15, 0.2) is 0 Å². The van der Waals surface area contributed by atoms with Gasteiger partial charge in [-0.05, 0) is 24.6 Å². The van der Waals surface area contributed by atoms with Gasteiger partial charge in [0.2, 0.25) is 5.91 Å². The third kappa shape index (κ3) is 3.33. The summed E-state index contributed by atoms with van der Waals surface area (Å²) in [6.07, 6.45) is 0.951. The normalized spacial score (nSPS) is 16.1. The number of hydrogen-bond donors (Lipinski definition) is 2. The first kappa shape index (κ1) is 12.2. The maximum atomic E-state index is 11.7. The fourth-order valence-electron chi connectivity index (χ4n) is 1.61. The summed E-state index contributed by atoms with van der Waals surface area (Å²) in [7, 11) is 0. The van der Waals surface area contributed by atoms with E-state index in [-0.39, 0.29) is 12.5 Å². The lowest BCUT2D eigenvalue weighted by Crippen LogP contribution is -2.30. The lowest BCUT2D eigenvalue weighted by Gasteiger charge is -2.14. The number of benzene rings is 1. The van der Waals surface area contributed by atoms with Crippen LogP contribution >= 0.6 is 11.6 Å². The third-order valence-corrected chi connectivity index (χ3v) is 2.67. The Hall–Kier alpha value is -1.30. The minimum atomic E-state index is -0.166. The number of hydrogen-bond acceptors (Lipinski definition) is 4. The molecule has 0 atom stereocenters. The number of hydroxylamine groups is 2. The van der Waals surface area contributed by atoms with Crippen molar-refractivity contribution in [3.63, 3.8) is 0 Å². The van der Waals surface area contributed by atoms with Crippen LogP contribution in [0, 0.1) is 0 Å². The molecule has 0 aromatic heterocycles. The first-order valence-corrected chi connectivity index (χ1v) is 5.76. The average Bonchev–Trinajstić information content (AvgIpc) is 2.76. The van der Waals surface area contributed by atoms with Gasteiger partial charge in [0.25, 0.3) is 0 Å². The number of nitrogen functional groups attached to an aromatic ring is 1. The molecule has 1 fully saturated rings. The third-order valence-electron chi connectivity index (χ3n) is 2.44. The van der Waals surface area contributed by atoms with Crippen molar-refractivity contribution in [3.05, 3.63) is 23.2 Å². The predicted octanol–water partition coefficient (Wildman–Crippen LogP) is 1.50. The zero-order valence-corrected chi connectivity index (χ0v) is 10.0. The molecular formula is C11H14ClN3O2. The highest BCUT2D eigenvalue weighted by Crippen LogP contribution is 2.22. The Morgan fingerprint density at radius 1 is 1.59 bits per heavy atom. The topological polar surface area (TPSA) is 67.6 Å². The van der Waals surface area contributed by atoms with Crippen LogP contribution in [0.5, 0.6) is 0 Å². The second-order valence-electron chi connectivity index (χ2n) is 3.83. The van der Waals surface area contributed by atoms with Crippen LogP contribution in [0.4, 0.5) is 11.4 Å². The van der Waals surface area contributed by atoms with E-state index in [9.17, 15) is 4.79 Å². The second-order valence-corrected chi connectivity index (χ2v) is 4.27. The molecule has 1 saturated heterocycles. The lowest BCUT2D eigenvalue weighted by atomic mass is 10.2. The summed E-state index contributed by atoms with van der Waals surface area (Å²) in [5.41, 5.74) is 6.75. The molecule has 0 saturated carbocycles. The Morgan fingerprint density at radius 2 is 2.41 bits per heavy atom. The smallest absolute Gasteiger partial charge is 0.241 e. The second kappa shape index (κ2) is 5.35. The lowest BCUT2D eigenvalue weighted by molar-refractivity contribution is -0.137. The van der Waals surface area contributed by atoms with Crippen LogP contribution in [0.1, 0.15) is 6.42 Å². The highest BCUT2D eigenvalue weighted by molar-refractivity contribution is 6.31. The van der Waals surface area contributed by atoms with E-state index in [2.05, 4.69) is 5.32 Å². The zero-order chi connectivity index (χ0) is 12.3. The molecule has 6 heteroatoms. The molecule has 1 aromatic carbocycles. The molecule has 92 valence electrons. The summed E-state index contributed by atoms with van der Waals surface area (Å²) in [6, 6.07) is 4.96. The molecule has 0 bridgehead atoms. The molecule has 5 nitrogen and oxygen atoms in total. The number of amides is 1. The largest absolute Gasteiger partial charge is 0.397 e. The molecule has 1 amide bonds. The van der Waals surface area contributed by atoms with E-state index in [1.807, 2.05) is 0 Å². The van der Waals surface area contributed by atoms with Gasteiger partial charge in [0.1, 0.15) is 6.54 Å². The van der Waals surface area contributed by atoms with E-state index in [0.717, 1.165) is 13.0 Å². The Morgan fingerprint density at radius 3 is 3.12 bits per heavy atom. The number of nitrogens with zero attached hydrogens (tertiary/aromatic N) is 1. The maximum absolute atomic E-state index is 11.7. The van der Waals surface area contributed by atoms with Gasteiger partial charge in [-0.3, -0.25) is 9.63 Å². The number of carbonyl (C=O) groups excluding carboxylic acids is 1. The van der Waals surface area contributed by atoms with E-state index in [4.69, 9.17) is 22.2 Å². The highest BCUT2D eigenvalue weighted by atomic mass is 35.5. The molecule has 0 spiro atoms. The van der Waals surface area contributed by atoms with Crippen molar-refractivity contribution in [2.45, 2.75) is 6.42 Å². The Labute approximate surface area is 104 Å². The number of anilines is 2. The van der Waals surface area contributed by atoms with Crippen molar-refractivity contribution in [3.8, 4) is 0 Å². The van der Waals surface area contributed by atoms with Crippen LogP contribution in [-0.4, -0.2) is 30.7 Å². The quantitative estimate of drug-likeness (QED) is 0.804. The maximum Gasteiger partial charge on any atom is 0.241 e. The molecule has 2 rings (SSSR count). The number of carbonyl (C=O) groups is 1. The van der Waals surface area contributed by atoms with E-state index < -0.39 is 0 Å². The van der Waals surface area contributed by atoms with Crippen LogP contribution in [0.3, 0.4) is 0 Å². The number of halogens is 1. The fraction of sp³-hybridized carbons (Fsp3) is 0.364. The van der Waals surface area contributed by atoms with Gasteiger partial charge in [0.05, 0.1) is 18.0 Å². The van der Waals surface area contributed by atoms with Crippen molar-refractivity contribution in [1.82, 2.24) is 5.06 Å². The Kier molecular flexibility index (Phi) is 3.83. The van der Waals surface area contributed by atoms with Gasteiger partial charge in [-0.15, -0.1) is 0 Å². The van der Waals surface area contributed by atoms with E-state index in [1.54, 1.807) is 23.3 Å². The summed E-state index contributed by atoms with van der Waals surface area (Å²) in [5.74, 6) is -0.166. The SMILES string of the molecule is Nc1ccc(Cl)cc1NC(=O)CN1CCCO1. The summed E-state index contributed by atoms with van der Waals surface area (Å²) in [4.78, 5) is 16.9. The predicted molar refractivity (Wildman–Crippen MR) is 66.6 cm³/mol. The Balaban J connectivity index is 1.95. The molecule has 1 aliphatic rings. The molecule has 3 N–H and O–H groups in total. The number of nitrogens with two attached hydrogens (primary N) is 1. The summed E-state index contributed by atoms with van der Waals surface area (Å²) in [6.45, 7) is 1.65. The summed E-state index contributed by atoms with van der Waals surface area (Å²) in [5, 5.41) is 4.88. The van der Waals surface area contributed by atoms with Crippen LogP contribution < -0.4 is 11.1 Å². The summed E-state index contributed by atoms with van der Waals surface area (Å²) < 4.78 is 0. The standard InChI is InChI=1S/C11H14ClN3O2/c12-8-2-3-9(13)10(6-8)14-11(16)7-15-4-1-5-17-15/h2-3,6H,1,4-5,7,13H2,(H,14,16). The Bertz CT molecular complexity index is 419. The van der Waals surface area contributed by atoms with Gasteiger partial charge in [-0.1, -0.05) is 11.6 Å². The van der Waals surface area contributed by atoms with E-state index in [0.29, 0.717) is 23.0 Å². The van der Waals surface area contributed by atoms with Gasteiger partial charge >= 0.3 is 0 Å². The van der Waals surface area contributed by atoms with E-state index in [1.165, 1.54) is 0 Å². The van der Waals surface area contributed by atoms with Crippen molar-refractivity contribution >= 4 is 28.9 Å². The molecule has 0 unspecified atom stereocenters. The van der Waals surface area contributed by atoms with Crippen LogP contribution in [0.2, 0.25) is 5.02 Å². The van der Waals surface area contributed by atoms with Crippen LogP contribution in [-0.2, 0) is 9.63 Å².